The summed E-state index contributed by atoms with van der Waals surface area (Å²) < 4.78 is 10.1. The standard InChI is InChI=1S/C22H23N5O3/c1-13-15-3-6-27(21(15)25-12-24-13)16-9-22(20(29)19(16)28)10-17(30-11-22)14-2-5-26-7-4-23-18(26)8-14/h2-8,12,16-17,19-20,28-29H,9-11H2,1H3. The van der Waals surface area contributed by atoms with Crippen LogP contribution in [0.15, 0.2) is 49.3 Å². The Hall–Kier alpha value is -2.81. The summed E-state index contributed by atoms with van der Waals surface area (Å²) >= 11 is 0. The lowest BCUT2D eigenvalue weighted by Gasteiger charge is -2.26. The molecule has 5 heterocycles. The average Bonchev–Trinajstić information content (AvgIpc) is 3.51. The molecule has 8 heteroatoms. The van der Waals surface area contributed by atoms with Crippen LogP contribution in [-0.2, 0) is 4.74 Å². The van der Waals surface area contributed by atoms with Crippen molar-refractivity contribution in [2.45, 2.75) is 44.1 Å². The summed E-state index contributed by atoms with van der Waals surface area (Å²) in [6, 6.07) is 5.77. The molecule has 0 amide bonds. The molecular weight excluding hydrogens is 382 g/mol. The number of ether oxygens (including phenoxy) is 1. The van der Waals surface area contributed by atoms with E-state index in [2.05, 4.69) is 15.0 Å². The number of pyridine rings is 1. The second-order valence-electron chi connectivity index (χ2n) is 8.65. The van der Waals surface area contributed by atoms with E-state index in [4.69, 9.17) is 4.74 Å². The van der Waals surface area contributed by atoms with Gasteiger partial charge in [0.15, 0.2) is 0 Å². The van der Waals surface area contributed by atoms with E-state index >= 15 is 0 Å². The van der Waals surface area contributed by atoms with Gasteiger partial charge >= 0.3 is 0 Å². The van der Waals surface area contributed by atoms with E-state index in [1.54, 1.807) is 12.5 Å². The van der Waals surface area contributed by atoms with Crippen molar-refractivity contribution in [3.05, 3.63) is 60.6 Å². The van der Waals surface area contributed by atoms with Crippen molar-refractivity contribution < 1.29 is 14.9 Å². The van der Waals surface area contributed by atoms with E-state index in [0.29, 0.717) is 19.4 Å². The number of aliphatic hydroxyl groups is 2. The number of fused-ring (bicyclic) bond motifs is 2. The molecule has 2 N–H and O–H groups in total. The van der Waals surface area contributed by atoms with Crippen LogP contribution in [0.5, 0.6) is 0 Å². The molecule has 0 bridgehead atoms. The van der Waals surface area contributed by atoms with Crippen LogP contribution in [0.4, 0.5) is 0 Å². The van der Waals surface area contributed by atoms with Crippen LogP contribution in [-0.4, -0.2) is 52.9 Å². The van der Waals surface area contributed by atoms with Gasteiger partial charge in [-0.1, -0.05) is 0 Å². The third-order valence-corrected chi connectivity index (χ3v) is 6.98. The van der Waals surface area contributed by atoms with Gasteiger partial charge < -0.3 is 23.9 Å². The maximum atomic E-state index is 11.1. The number of imidazole rings is 1. The molecule has 1 saturated carbocycles. The zero-order valence-corrected chi connectivity index (χ0v) is 16.6. The SMILES string of the molecule is Cc1ncnc2c1ccn2C1CC2(COC(c3ccn4ccnc4c3)C2)C(O)C1O. The third-order valence-electron chi connectivity index (χ3n) is 6.98. The Bertz CT molecular complexity index is 1250. The first-order chi connectivity index (χ1) is 14.6. The van der Waals surface area contributed by atoms with Crippen molar-refractivity contribution in [3.63, 3.8) is 0 Å². The largest absolute Gasteiger partial charge is 0.390 e. The van der Waals surface area contributed by atoms with Gasteiger partial charge in [-0.25, -0.2) is 15.0 Å². The van der Waals surface area contributed by atoms with Gasteiger partial charge in [0.2, 0.25) is 0 Å². The highest BCUT2D eigenvalue weighted by atomic mass is 16.5. The van der Waals surface area contributed by atoms with Crippen LogP contribution in [0.2, 0.25) is 0 Å². The molecule has 1 saturated heterocycles. The summed E-state index contributed by atoms with van der Waals surface area (Å²) in [6.45, 7) is 2.36. The molecule has 2 aliphatic rings. The minimum Gasteiger partial charge on any atom is -0.390 e. The van der Waals surface area contributed by atoms with Crippen molar-refractivity contribution in [3.8, 4) is 0 Å². The Morgan fingerprint density at radius 2 is 2.00 bits per heavy atom. The number of hydrogen-bond acceptors (Lipinski definition) is 6. The minimum absolute atomic E-state index is 0.127. The Morgan fingerprint density at radius 1 is 1.10 bits per heavy atom. The van der Waals surface area contributed by atoms with Crippen LogP contribution in [0.25, 0.3) is 16.7 Å². The van der Waals surface area contributed by atoms with Crippen molar-refractivity contribution >= 4 is 16.7 Å². The zero-order chi connectivity index (χ0) is 20.5. The van der Waals surface area contributed by atoms with Crippen molar-refractivity contribution in [1.29, 1.82) is 0 Å². The van der Waals surface area contributed by atoms with Crippen molar-refractivity contribution in [2.24, 2.45) is 5.41 Å². The molecule has 0 aromatic carbocycles. The molecule has 2 fully saturated rings. The van der Waals surface area contributed by atoms with Crippen molar-refractivity contribution in [2.75, 3.05) is 6.61 Å². The summed E-state index contributed by atoms with van der Waals surface area (Å²) in [5.74, 6) is 0. The summed E-state index contributed by atoms with van der Waals surface area (Å²) in [6.07, 6.45) is 8.55. The number of aromatic nitrogens is 5. The molecule has 30 heavy (non-hydrogen) atoms. The highest BCUT2D eigenvalue weighted by molar-refractivity contribution is 5.78. The van der Waals surface area contributed by atoms with E-state index in [1.807, 2.05) is 52.7 Å². The number of nitrogens with zero attached hydrogens (tertiary/aromatic N) is 5. The Kier molecular flexibility index (Phi) is 3.80. The predicted molar refractivity (Wildman–Crippen MR) is 109 cm³/mol. The van der Waals surface area contributed by atoms with Crippen LogP contribution in [0.3, 0.4) is 0 Å². The molecule has 5 atom stereocenters. The van der Waals surface area contributed by atoms with Crippen molar-refractivity contribution in [1.82, 2.24) is 23.9 Å². The van der Waals surface area contributed by atoms with Gasteiger partial charge in [0.05, 0.1) is 30.6 Å². The van der Waals surface area contributed by atoms with Crippen LogP contribution >= 0.6 is 0 Å². The molecule has 5 unspecified atom stereocenters. The van der Waals surface area contributed by atoms with E-state index in [1.165, 1.54) is 0 Å². The molecule has 1 spiro atoms. The van der Waals surface area contributed by atoms with Crippen LogP contribution in [0, 0.1) is 12.3 Å². The van der Waals surface area contributed by atoms with Gasteiger partial charge in [0.25, 0.3) is 0 Å². The summed E-state index contributed by atoms with van der Waals surface area (Å²) in [5.41, 5.74) is 3.12. The Balaban J connectivity index is 1.31. The molecule has 4 aromatic rings. The maximum Gasteiger partial charge on any atom is 0.143 e. The van der Waals surface area contributed by atoms with Gasteiger partial charge in [-0.3, -0.25) is 0 Å². The summed E-state index contributed by atoms with van der Waals surface area (Å²) in [5, 5.41) is 23.0. The lowest BCUT2D eigenvalue weighted by atomic mass is 9.80. The van der Waals surface area contributed by atoms with Gasteiger partial charge in [0, 0.05) is 35.6 Å². The lowest BCUT2D eigenvalue weighted by Crippen LogP contribution is -2.37. The number of rotatable bonds is 2. The molecular formula is C22H23N5O3. The molecule has 8 nitrogen and oxygen atoms in total. The van der Waals surface area contributed by atoms with E-state index in [-0.39, 0.29) is 12.1 Å². The fraction of sp³-hybridized carbons (Fsp3) is 0.409. The van der Waals surface area contributed by atoms with Gasteiger partial charge in [-0.2, -0.15) is 0 Å². The molecule has 1 aliphatic carbocycles. The fourth-order valence-corrected chi connectivity index (χ4v) is 5.30. The highest BCUT2D eigenvalue weighted by Gasteiger charge is 2.57. The summed E-state index contributed by atoms with van der Waals surface area (Å²) in [4.78, 5) is 13.0. The monoisotopic (exact) mass is 405 g/mol. The lowest BCUT2D eigenvalue weighted by molar-refractivity contribution is -0.0309. The predicted octanol–water partition coefficient (Wildman–Crippen LogP) is 2.20. The molecule has 0 radical (unpaired) electrons. The number of aliphatic hydroxyl groups excluding tert-OH is 2. The van der Waals surface area contributed by atoms with Crippen LogP contribution < -0.4 is 0 Å². The summed E-state index contributed by atoms with van der Waals surface area (Å²) in [7, 11) is 0. The molecule has 4 aromatic heterocycles. The maximum absolute atomic E-state index is 11.1. The van der Waals surface area contributed by atoms with Crippen LogP contribution in [0.1, 0.15) is 36.2 Å². The smallest absolute Gasteiger partial charge is 0.143 e. The van der Waals surface area contributed by atoms with E-state index in [9.17, 15) is 10.2 Å². The average molecular weight is 405 g/mol. The zero-order valence-electron chi connectivity index (χ0n) is 16.6. The third kappa shape index (κ3) is 2.47. The van der Waals surface area contributed by atoms with E-state index < -0.39 is 17.6 Å². The fourth-order valence-electron chi connectivity index (χ4n) is 5.30. The minimum atomic E-state index is -0.881. The molecule has 6 rings (SSSR count). The van der Waals surface area contributed by atoms with Gasteiger partial charge in [-0.05, 0) is 43.5 Å². The normalized spacial score (nSPS) is 31.4. The van der Waals surface area contributed by atoms with E-state index in [0.717, 1.165) is 27.9 Å². The number of hydrogen-bond donors (Lipinski definition) is 2. The highest BCUT2D eigenvalue weighted by Crippen LogP contribution is 2.54. The molecule has 154 valence electrons. The first kappa shape index (κ1) is 18.0. The molecule has 1 aliphatic heterocycles. The Labute approximate surface area is 172 Å². The first-order valence-electron chi connectivity index (χ1n) is 10.2. The second kappa shape index (κ2) is 6.34. The quantitative estimate of drug-likeness (QED) is 0.531. The Morgan fingerprint density at radius 3 is 2.90 bits per heavy atom. The topological polar surface area (TPSA) is 97.7 Å². The van der Waals surface area contributed by atoms with Gasteiger partial charge in [0.1, 0.15) is 23.7 Å². The van der Waals surface area contributed by atoms with Gasteiger partial charge in [-0.15, -0.1) is 0 Å². The first-order valence-corrected chi connectivity index (χ1v) is 10.2. The second-order valence-corrected chi connectivity index (χ2v) is 8.65. The number of aryl methyl sites for hydroxylation is 1.